The van der Waals surface area contributed by atoms with Gasteiger partial charge in [0.25, 0.3) is 0 Å². The van der Waals surface area contributed by atoms with Crippen LogP contribution in [0, 0.1) is 0 Å². The van der Waals surface area contributed by atoms with Crippen molar-refractivity contribution in [2.75, 3.05) is 20.3 Å². The van der Waals surface area contributed by atoms with Crippen molar-refractivity contribution in [1.29, 1.82) is 0 Å². The van der Waals surface area contributed by atoms with Crippen LogP contribution >= 0.6 is 0 Å². The van der Waals surface area contributed by atoms with E-state index < -0.39 is 10.0 Å². The molecule has 1 aliphatic heterocycles. The second kappa shape index (κ2) is 7.80. The van der Waals surface area contributed by atoms with Crippen LogP contribution in [0.25, 0.3) is 0 Å². The lowest BCUT2D eigenvalue weighted by Gasteiger charge is -2.37. The Bertz CT molecular complexity index is 906. The summed E-state index contributed by atoms with van der Waals surface area (Å²) in [7, 11) is -2.09. The van der Waals surface area contributed by atoms with Crippen molar-refractivity contribution in [3.05, 3.63) is 59.7 Å². The molecule has 1 fully saturated rings. The van der Waals surface area contributed by atoms with Gasteiger partial charge in [-0.2, -0.15) is 4.31 Å². The summed E-state index contributed by atoms with van der Waals surface area (Å²) < 4.78 is 38.7. The van der Waals surface area contributed by atoms with Crippen molar-refractivity contribution in [2.45, 2.75) is 30.9 Å². The summed E-state index contributed by atoms with van der Waals surface area (Å²) in [5.41, 5.74) is 1.38. The average molecular weight is 389 g/mol. The number of hydrogen-bond acceptors (Lipinski definition) is 5. The van der Waals surface area contributed by atoms with Gasteiger partial charge < -0.3 is 9.47 Å². The predicted molar refractivity (Wildman–Crippen MR) is 101 cm³/mol. The molecule has 0 radical (unpaired) electrons. The van der Waals surface area contributed by atoms with Crippen molar-refractivity contribution in [2.24, 2.45) is 0 Å². The minimum Gasteiger partial charge on any atom is -0.497 e. The van der Waals surface area contributed by atoms with Gasteiger partial charge in [0.15, 0.2) is 5.78 Å². The topological polar surface area (TPSA) is 72.9 Å². The third kappa shape index (κ3) is 4.05. The largest absolute Gasteiger partial charge is 0.497 e. The van der Waals surface area contributed by atoms with E-state index in [1.165, 1.54) is 23.4 Å². The average Bonchev–Trinajstić information content (AvgIpc) is 2.68. The number of sulfonamides is 1. The molecule has 6 nitrogen and oxygen atoms in total. The molecule has 2 aromatic rings. The van der Waals surface area contributed by atoms with E-state index in [1.54, 1.807) is 19.2 Å². The predicted octanol–water partition coefficient (Wildman–Crippen LogP) is 3.05. The summed E-state index contributed by atoms with van der Waals surface area (Å²) in [5.74, 6) is 0.635. The second-order valence-electron chi connectivity index (χ2n) is 6.60. The minimum absolute atomic E-state index is 0.0988. The number of morpholine rings is 1. The van der Waals surface area contributed by atoms with Gasteiger partial charge in [0.05, 0.1) is 24.7 Å². The van der Waals surface area contributed by atoms with Gasteiger partial charge in [0.2, 0.25) is 10.0 Å². The smallest absolute Gasteiger partial charge is 0.243 e. The number of rotatable bonds is 5. The van der Waals surface area contributed by atoms with Crippen molar-refractivity contribution in [1.82, 2.24) is 4.31 Å². The van der Waals surface area contributed by atoms with Gasteiger partial charge in [0, 0.05) is 18.2 Å². The number of carbonyl (C=O) groups is 1. The standard InChI is InChI=1S/C20H23NO5S/c1-14-13-26-20(17-4-8-18(25-3)9-5-17)12-21(14)27(23,24)19-10-6-16(7-11-19)15(2)22/h4-11,14,20H,12-13H2,1-3H3. The number of ether oxygens (including phenoxy) is 2. The fourth-order valence-electron chi connectivity index (χ4n) is 3.09. The van der Waals surface area contributed by atoms with E-state index in [-0.39, 0.29) is 29.4 Å². The van der Waals surface area contributed by atoms with Gasteiger partial charge in [-0.15, -0.1) is 0 Å². The molecule has 0 saturated carbocycles. The van der Waals surface area contributed by atoms with Crippen molar-refractivity contribution >= 4 is 15.8 Å². The Labute approximate surface area is 159 Å². The molecule has 2 unspecified atom stereocenters. The highest BCUT2D eigenvalue weighted by Gasteiger charge is 2.36. The van der Waals surface area contributed by atoms with Crippen LogP contribution in [0.4, 0.5) is 0 Å². The molecule has 1 saturated heterocycles. The van der Waals surface area contributed by atoms with E-state index in [0.717, 1.165) is 11.3 Å². The highest BCUT2D eigenvalue weighted by Crippen LogP contribution is 2.30. The first-order valence-corrected chi connectivity index (χ1v) is 10.2. The van der Waals surface area contributed by atoms with Crippen molar-refractivity contribution in [3.8, 4) is 5.75 Å². The van der Waals surface area contributed by atoms with Gasteiger partial charge in [-0.3, -0.25) is 4.79 Å². The first-order chi connectivity index (χ1) is 12.8. The number of nitrogens with zero attached hydrogens (tertiary/aromatic N) is 1. The van der Waals surface area contributed by atoms with Crippen LogP contribution in [0.1, 0.15) is 35.9 Å². The van der Waals surface area contributed by atoms with Crippen LogP contribution in [0.5, 0.6) is 5.75 Å². The van der Waals surface area contributed by atoms with Crippen LogP contribution in [0.2, 0.25) is 0 Å². The lowest BCUT2D eigenvalue weighted by Crippen LogP contribution is -2.48. The summed E-state index contributed by atoms with van der Waals surface area (Å²) in [6.45, 7) is 3.81. The van der Waals surface area contributed by atoms with Gasteiger partial charge in [0.1, 0.15) is 5.75 Å². The maximum Gasteiger partial charge on any atom is 0.243 e. The second-order valence-corrected chi connectivity index (χ2v) is 8.49. The maximum atomic E-state index is 13.1. The van der Waals surface area contributed by atoms with Crippen molar-refractivity contribution in [3.63, 3.8) is 0 Å². The number of Topliss-reactive ketones (excluding diaryl/α,β-unsaturated/α-hetero) is 1. The van der Waals surface area contributed by atoms with Crippen LogP contribution in [0.3, 0.4) is 0 Å². The Kier molecular flexibility index (Phi) is 5.64. The number of hydrogen-bond donors (Lipinski definition) is 0. The first kappa shape index (κ1) is 19.5. The number of carbonyl (C=O) groups excluding carboxylic acids is 1. The summed E-state index contributed by atoms with van der Waals surface area (Å²) >= 11 is 0. The lowest BCUT2D eigenvalue weighted by atomic mass is 10.1. The van der Waals surface area contributed by atoms with Gasteiger partial charge in [-0.05, 0) is 43.7 Å². The molecule has 0 amide bonds. The van der Waals surface area contributed by atoms with E-state index >= 15 is 0 Å². The molecule has 0 spiro atoms. The molecular weight excluding hydrogens is 366 g/mol. The Morgan fingerprint density at radius 2 is 1.74 bits per heavy atom. The SMILES string of the molecule is COc1ccc(C2CN(S(=O)(=O)c3ccc(C(C)=O)cc3)C(C)CO2)cc1. The van der Waals surface area contributed by atoms with Crippen molar-refractivity contribution < 1.29 is 22.7 Å². The quantitative estimate of drug-likeness (QED) is 0.735. The van der Waals surface area contributed by atoms with Crippen LogP contribution in [0.15, 0.2) is 53.4 Å². The normalized spacial score (nSPS) is 21.0. The van der Waals surface area contributed by atoms with Gasteiger partial charge in [-0.25, -0.2) is 8.42 Å². The molecule has 27 heavy (non-hydrogen) atoms. The number of methoxy groups -OCH3 is 1. The molecule has 3 rings (SSSR count). The molecule has 2 aromatic carbocycles. The molecule has 144 valence electrons. The third-order valence-corrected chi connectivity index (χ3v) is 6.73. The molecule has 1 aliphatic rings. The fraction of sp³-hybridized carbons (Fsp3) is 0.350. The molecule has 0 bridgehead atoms. The van der Waals surface area contributed by atoms with Gasteiger partial charge in [-0.1, -0.05) is 24.3 Å². The fourth-order valence-corrected chi connectivity index (χ4v) is 4.70. The molecule has 0 aromatic heterocycles. The zero-order valence-corrected chi connectivity index (χ0v) is 16.4. The molecule has 0 N–H and O–H groups in total. The number of ketones is 1. The monoisotopic (exact) mass is 389 g/mol. The Balaban J connectivity index is 1.85. The summed E-state index contributed by atoms with van der Waals surface area (Å²) in [4.78, 5) is 11.6. The van der Waals surface area contributed by atoms with E-state index in [0.29, 0.717) is 12.2 Å². The van der Waals surface area contributed by atoms with Crippen LogP contribution < -0.4 is 4.74 Å². The Morgan fingerprint density at radius 1 is 1.11 bits per heavy atom. The molecule has 7 heteroatoms. The Hall–Kier alpha value is -2.22. The molecular formula is C20H23NO5S. The first-order valence-electron chi connectivity index (χ1n) is 8.71. The molecule has 0 aliphatic carbocycles. The Morgan fingerprint density at radius 3 is 2.30 bits per heavy atom. The summed E-state index contributed by atoms with van der Waals surface area (Å²) in [6.07, 6.45) is -0.349. The highest BCUT2D eigenvalue weighted by atomic mass is 32.2. The number of benzene rings is 2. The third-order valence-electron chi connectivity index (χ3n) is 4.73. The van der Waals surface area contributed by atoms with Crippen LogP contribution in [-0.2, 0) is 14.8 Å². The summed E-state index contributed by atoms with van der Waals surface area (Å²) in [6, 6.07) is 13.2. The van der Waals surface area contributed by atoms with Crippen LogP contribution in [-0.4, -0.2) is 44.8 Å². The molecule has 1 heterocycles. The lowest BCUT2D eigenvalue weighted by molar-refractivity contribution is -0.0288. The highest BCUT2D eigenvalue weighted by molar-refractivity contribution is 7.89. The zero-order chi connectivity index (χ0) is 19.6. The van der Waals surface area contributed by atoms with E-state index in [2.05, 4.69) is 0 Å². The molecule has 2 atom stereocenters. The zero-order valence-electron chi connectivity index (χ0n) is 15.6. The summed E-state index contributed by atoms with van der Waals surface area (Å²) in [5, 5.41) is 0. The van der Waals surface area contributed by atoms with E-state index in [9.17, 15) is 13.2 Å². The van der Waals surface area contributed by atoms with Gasteiger partial charge >= 0.3 is 0 Å². The van der Waals surface area contributed by atoms with E-state index in [1.807, 2.05) is 31.2 Å². The minimum atomic E-state index is -3.69. The maximum absolute atomic E-state index is 13.1. The van der Waals surface area contributed by atoms with E-state index in [4.69, 9.17) is 9.47 Å².